The first-order valence-electron chi connectivity index (χ1n) is 9.32. The van der Waals surface area contributed by atoms with Gasteiger partial charge in [0.1, 0.15) is 5.82 Å². The van der Waals surface area contributed by atoms with Gasteiger partial charge in [-0.2, -0.15) is 4.31 Å². The Balaban J connectivity index is 1.90. The highest BCUT2D eigenvalue weighted by Crippen LogP contribution is 2.27. The van der Waals surface area contributed by atoms with E-state index in [-0.39, 0.29) is 28.7 Å². The maximum atomic E-state index is 14.4. The van der Waals surface area contributed by atoms with Crippen molar-refractivity contribution >= 4 is 44.8 Å². The second-order valence-electron chi connectivity index (χ2n) is 6.64. The highest BCUT2D eigenvalue weighted by molar-refractivity contribution is 7.89. The summed E-state index contributed by atoms with van der Waals surface area (Å²) in [6.45, 7) is 2.07. The summed E-state index contributed by atoms with van der Waals surface area (Å²) in [7, 11) is -3.97. The van der Waals surface area contributed by atoms with Gasteiger partial charge in [0.25, 0.3) is 5.91 Å². The number of hydrogen-bond acceptors (Lipinski definition) is 3. The van der Waals surface area contributed by atoms with E-state index in [0.717, 1.165) is 23.8 Å². The molecule has 0 aliphatic carbocycles. The monoisotopic (exact) mass is 480 g/mol. The number of halogens is 3. The van der Waals surface area contributed by atoms with Crippen LogP contribution in [0.15, 0.2) is 71.6 Å². The summed E-state index contributed by atoms with van der Waals surface area (Å²) in [5.74, 6) is -1.68. The molecule has 1 amide bonds. The molecule has 162 valence electrons. The molecule has 0 heterocycles. The van der Waals surface area contributed by atoms with Gasteiger partial charge in [-0.25, -0.2) is 12.8 Å². The fourth-order valence-electron chi connectivity index (χ4n) is 2.92. The van der Waals surface area contributed by atoms with Crippen LogP contribution in [0.2, 0.25) is 10.0 Å². The van der Waals surface area contributed by atoms with Crippen molar-refractivity contribution in [2.75, 3.05) is 11.9 Å². The molecule has 0 unspecified atom stereocenters. The molecular weight excluding hydrogens is 462 g/mol. The van der Waals surface area contributed by atoms with E-state index in [1.165, 1.54) is 22.5 Å². The normalized spacial score (nSPS) is 11.5. The van der Waals surface area contributed by atoms with Gasteiger partial charge >= 0.3 is 0 Å². The topological polar surface area (TPSA) is 66.5 Å². The Morgan fingerprint density at radius 2 is 1.74 bits per heavy atom. The molecule has 0 saturated heterocycles. The molecule has 0 aliphatic heterocycles. The van der Waals surface area contributed by atoms with Gasteiger partial charge in [-0.3, -0.25) is 4.79 Å². The Kier molecular flexibility index (Phi) is 7.33. The highest BCUT2D eigenvalue weighted by Gasteiger charge is 2.26. The molecule has 3 aromatic rings. The SMILES string of the molecule is CCN(Cc1ccccc1)S(=O)(=O)c1ccc(F)c(C(=O)Nc2ccc(Cl)cc2Cl)c1. The van der Waals surface area contributed by atoms with Gasteiger partial charge in [-0.05, 0) is 42.0 Å². The predicted molar refractivity (Wildman–Crippen MR) is 121 cm³/mol. The van der Waals surface area contributed by atoms with Gasteiger partial charge in [-0.15, -0.1) is 0 Å². The maximum Gasteiger partial charge on any atom is 0.258 e. The first kappa shape index (κ1) is 23.2. The van der Waals surface area contributed by atoms with Crippen LogP contribution in [0.1, 0.15) is 22.8 Å². The van der Waals surface area contributed by atoms with Crippen LogP contribution in [0.3, 0.4) is 0 Å². The van der Waals surface area contributed by atoms with Crippen molar-refractivity contribution in [3.63, 3.8) is 0 Å². The molecule has 0 bridgehead atoms. The third-order valence-corrected chi connectivity index (χ3v) is 7.02. The molecule has 9 heteroatoms. The number of anilines is 1. The van der Waals surface area contributed by atoms with Crippen LogP contribution in [0.25, 0.3) is 0 Å². The fraction of sp³-hybridized carbons (Fsp3) is 0.136. The van der Waals surface area contributed by atoms with Crippen LogP contribution in [-0.4, -0.2) is 25.2 Å². The Hall–Kier alpha value is -2.45. The molecule has 0 spiro atoms. The molecule has 5 nitrogen and oxygen atoms in total. The Labute approximate surface area is 190 Å². The van der Waals surface area contributed by atoms with Crippen LogP contribution < -0.4 is 5.32 Å². The van der Waals surface area contributed by atoms with Crippen LogP contribution in [0.4, 0.5) is 10.1 Å². The van der Waals surface area contributed by atoms with Gasteiger partial charge in [-0.1, -0.05) is 60.5 Å². The van der Waals surface area contributed by atoms with E-state index < -0.39 is 27.3 Å². The Morgan fingerprint density at radius 3 is 2.39 bits per heavy atom. The number of carbonyl (C=O) groups excluding carboxylic acids is 1. The molecule has 0 aliphatic rings. The van der Waals surface area contributed by atoms with Gasteiger partial charge in [0.2, 0.25) is 10.0 Å². The fourth-order valence-corrected chi connectivity index (χ4v) is 4.84. The average Bonchev–Trinajstić information content (AvgIpc) is 2.74. The molecule has 3 rings (SSSR count). The lowest BCUT2D eigenvalue weighted by Gasteiger charge is -2.21. The number of benzene rings is 3. The summed E-state index contributed by atoms with van der Waals surface area (Å²) in [6.07, 6.45) is 0. The number of nitrogens with zero attached hydrogens (tertiary/aromatic N) is 1. The molecule has 0 fully saturated rings. The third-order valence-electron chi connectivity index (χ3n) is 4.55. The zero-order valence-corrected chi connectivity index (χ0v) is 18.8. The van der Waals surface area contributed by atoms with E-state index in [4.69, 9.17) is 23.2 Å². The zero-order valence-electron chi connectivity index (χ0n) is 16.5. The Bertz CT molecular complexity index is 1200. The van der Waals surface area contributed by atoms with Gasteiger partial charge in [0, 0.05) is 18.1 Å². The van der Waals surface area contributed by atoms with Crippen LogP contribution in [0, 0.1) is 5.82 Å². The quantitative estimate of drug-likeness (QED) is 0.478. The first-order valence-corrected chi connectivity index (χ1v) is 11.5. The number of nitrogens with one attached hydrogen (secondary N) is 1. The van der Waals surface area contributed by atoms with Crippen molar-refractivity contribution in [2.45, 2.75) is 18.4 Å². The van der Waals surface area contributed by atoms with Crippen LogP contribution in [-0.2, 0) is 16.6 Å². The smallest absolute Gasteiger partial charge is 0.258 e. The van der Waals surface area contributed by atoms with Crippen molar-refractivity contribution in [1.29, 1.82) is 0 Å². The lowest BCUT2D eigenvalue weighted by Crippen LogP contribution is -2.30. The van der Waals surface area contributed by atoms with Crippen molar-refractivity contribution < 1.29 is 17.6 Å². The van der Waals surface area contributed by atoms with Crippen LogP contribution >= 0.6 is 23.2 Å². The Morgan fingerprint density at radius 1 is 1.03 bits per heavy atom. The predicted octanol–water partition coefficient (Wildman–Crippen LogP) is 5.60. The van der Waals surface area contributed by atoms with E-state index in [1.54, 1.807) is 6.92 Å². The second-order valence-corrected chi connectivity index (χ2v) is 9.42. The zero-order chi connectivity index (χ0) is 22.6. The average molecular weight is 481 g/mol. The summed E-state index contributed by atoms with van der Waals surface area (Å²) >= 11 is 11.9. The lowest BCUT2D eigenvalue weighted by molar-refractivity contribution is 0.102. The van der Waals surface area contributed by atoms with Crippen molar-refractivity contribution in [3.8, 4) is 0 Å². The first-order chi connectivity index (χ1) is 14.7. The number of carbonyl (C=O) groups is 1. The molecule has 1 N–H and O–H groups in total. The van der Waals surface area contributed by atoms with E-state index >= 15 is 0 Å². The van der Waals surface area contributed by atoms with Crippen molar-refractivity contribution in [1.82, 2.24) is 4.31 Å². The molecule has 0 aromatic heterocycles. The van der Waals surface area contributed by atoms with Gasteiger partial charge in [0.05, 0.1) is 21.2 Å². The maximum absolute atomic E-state index is 14.4. The largest absolute Gasteiger partial charge is 0.321 e. The number of sulfonamides is 1. The molecule has 3 aromatic carbocycles. The number of rotatable bonds is 7. The van der Waals surface area contributed by atoms with E-state index in [2.05, 4.69) is 5.32 Å². The van der Waals surface area contributed by atoms with E-state index in [9.17, 15) is 17.6 Å². The number of amides is 1. The van der Waals surface area contributed by atoms with Crippen molar-refractivity contribution in [3.05, 3.63) is 93.7 Å². The second kappa shape index (κ2) is 9.78. The highest BCUT2D eigenvalue weighted by atomic mass is 35.5. The minimum atomic E-state index is -3.97. The van der Waals surface area contributed by atoms with Gasteiger partial charge in [0.15, 0.2) is 0 Å². The van der Waals surface area contributed by atoms with Gasteiger partial charge < -0.3 is 5.32 Å². The lowest BCUT2D eigenvalue weighted by atomic mass is 10.2. The summed E-state index contributed by atoms with van der Waals surface area (Å²) < 4.78 is 41.9. The molecular formula is C22H19Cl2FN2O3S. The van der Waals surface area contributed by atoms with E-state index in [0.29, 0.717) is 5.02 Å². The summed E-state index contributed by atoms with van der Waals surface area (Å²) in [6, 6.07) is 16.7. The minimum absolute atomic E-state index is 0.152. The molecule has 0 radical (unpaired) electrons. The summed E-state index contributed by atoms with van der Waals surface area (Å²) in [5, 5.41) is 3.02. The molecule has 0 saturated carbocycles. The van der Waals surface area contributed by atoms with E-state index in [1.807, 2.05) is 30.3 Å². The standard InChI is InChI=1S/C22H19Cl2FN2O3S/c1-2-27(14-15-6-4-3-5-7-15)31(29,30)17-9-10-20(25)18(13-17)22(28)26-21-11-8-16(23)12-19(21)24/h3-13H,2,14H2,1H3,(H,26,28). The third kappa shape index (κ3) is 5.43. The number of hydrogen-bond donors (Lipinski definition) is 1. The summed E-state index contributed by atoms with van der Waals surface area (Å²) in [5.41, 5.74) is 0.622. The van der Waals surface area contributed by atoms with Crippen LogP contribution in [0.5, 0.6) is 0 Å². The minimum Gasteiger partial charge on any atom is -0.321 e. The molecule has 31 heavy (non-hydrogen) atoms. The molecule has 0 atom stereocenters. The summed E-state index contributed by atoms with van der Waals surface area (Å²) in [4.78, 5) is 12.4. The van der Waals surface area contributed by atoms with Crippen molar-refractivity contribution in [2.24, 2.45) is 0 Å².